The van der Waals surface area contributed by atoms with Crippen LogP contribution in [0.15, 0.2) is 48.5 Å². The van der Waals surface area contributed by atoms with Gasteiger partial charge in [0.2, 0.25) is 0 Å². The molecule has 0 radical (unpaired) electrons. The fourth-order valence-corrected chi connectivity index (χ4v) is 2.05. The first kappa shape index (κ1) is 17.8. The Morgan fingerprint density at radius 3 is 2.54 bits per heavy atom. The minimum atomic E-state index is -0.924. The minimum Gasteiger partial charge on any atom is -0.482 e. The van der Waals surface area contributed by atoms with Crippen LogP contribution in [0.5, 0.6) is 5.75 Å². The lowest BCUT2D eigenvalue weighted by molar-refractivity contribution is -0.155. The fourth-order valence-electron chi connectivity index (χ4n) is 1.92. The van der Waals surface area contributed by atoms with E-state index in [0.717, 1.165) is 5.56 Å². The van der Waals surface area contributed by atoms with Crippen molar-refractivity contribution in [2.75, 3.05) is 11.9 Å². The number of amides is 1. The molecular weight excluding hydrogens is 330 g/mol. The van der Waals surface area contributed by atoms with Crippen molar-refractivity contribution in [3.05, 3.63) is 59.1 Å². The van der Waals surface area contributed by atoms with Crippen LogP contribution in [0, 0.1) is 6.92 Å². The van der Waals surface area contributed by atoms with Gasteiger partial charge in [-0.25, -0.2) is 4.79 Å². The Hall–Kier alpha value is -2.53. The van der Waals surface area contributed by atoms with Crippen LogP contribution in [-0.4, -0.2) is 24.6 Å². The molecule has 0 spiro atoms. The Morgan fingerprint density at radius 1 is 1.17 bits per heavy atom. The zero-order valence-corrected chi connectivity index (χ0v) is 14.2. The van der Waals surface area contributed by atoms with E-state index in [0.29, 0.717) is 16.5 Å². The molecule has 126 valence electrons. The highest BCUT2D eigenvalue weighted by molar-refractivity contribution is 6.30. The summed E-state index contributed by atoms with van der Waals surface area (Å²) in [4.78, 5) is 23.8. The summed E-state index contributed by atoms with van der Waals surface area (Å²) in [6.07, 6.45) is -0.924. The summed E-state index contributed by atoms with van der Waals surface area (Å²) in [5.41, 5.74) is 1.68. The Labute approximate surface area is 145 Å². The Kier molecular flexibility index (Phi) is 6.21. The second-order valence-electron chi connectivity index (χ2n) is 5.23. The van der Waals surface area contributed by atoms with Crippen molar-refractivity contribution in [1.82, 2.24) is 0 Å². The highest BCUT2D eigenvalue weighted by Crippen LogP contribution is 2.15. The number of hydrogen-bond donors (Lipinski definition) is 1. The number of rotatable bonds is 6. The quantitative estimate of drug-likeness (QED) is 0.811. The van der Waals surface area contributed by atoms with Crippen LogP contribution in [0.3, 0.4) is 0 Å². The van der Waals surface area contributed by atoms with Gasteiger partial charge >= 0.3 is 5.97 Å². The van der Waals surface area contributed by atoms with Crippen LogP contribution in [0.25, 0.3) is 0 Å². The summed E-state index contributed by atoms with van der Waals surface area (Å²) in [5.74, 6) is -0.537. The van der Waals surface area contributed by atoms with Gasteiger partial charge in [0.1, 0.15) is 5.75 Å². The lowest BCUT2D eigenvalue weighted by Gasteiger charge is -2.14. The van der Waals surface area contributed by atoms with Gasteiger partial charge in [-0.3, -0.25) is 4.79 Å². The maximum atomic E-state index is 12.0. The molecule has 0 saturated heterocycles. The molecule has 1 atom stereocenters. The molecule has 0 aliphatic heterocycles. The third-order valence-electron chi connectivity index (χ3n) is 3.13. The number of esters is 1. The smallest absolute Gasteiger partial charge is 0.344 e. The Balaban J connectivity index is 1.80. The maximum Gasteiger partial charge on any atom is 0.344 e. The molecule has 1 amide bonds. The fraction of sp³-hybridized carbons (Fsp3) is 0.222. The van der Waals surface area contributed by atoms with Crippen molar-refractivity contribution in [3.8, 4) is 5.75 Å². The van der Waals surface area contributed by atoms with Crippen molar-refractivity contribution in [1.29, 1.82) is 0 Å². The molecule has 2 aromatic carbocycles. The highest BCUT2D eigenvalue weighted by Gasteiger charge is 2.18. The highest BCUT2D eigenvalue weighted by atomic mass is 35.5. The number of carbonyl (C=O) groups excluding carboxylic acids is 2. The molecule has 0 bridgehead atoms. The van der Waals surface area contributed by atoms with Crippen LogP contribution in [-0.2, 0) is 14.3 Å². The van der Waals surface area contributed by atoms with E-state index < -0.39 is 18.0 Å². The van der Waals surface area contributed by atoms with Crippen LogP contribution in [0.1, 0.15) is 12.5 Å². The monoisotopic (exact) mass is 347 g/mol. The van der Waals surface area contributed by atoms with Gasteiger partial charge < -0.3 is 14.8 Å². The van der Waals surface area contributed by atoms with Crippen molar-refractivity contribution in [2.24, 2.45) is 0 Å². The molecule has 0 aliphatic carbocycles. The van der Waals surface area contributed by atoms with Crippen LogP contribution >= 0.6 is 11.6 Å². The van der Waals surface area contributed by atoms with Crippen molar-refractivity contribution in [2.45, 2.75) is 20.0 Å². The maximum absolute atomic E-state index is 12.0. The average Bonchev–Trinajstić information content (AvgIpc) is 2.54. The van der Waals surface area contributed by atoms with E-state index in [9.17, 15) is 9.59 Å². The summed E-state index contributed by atoms with van der Waals surface area (Å²) < 4.78 is 10.3. The Bertz CT molecular complexity index is 715. The molecule has 0 fully saturated rings. The number of aryl methyl sites for hydroxylation is 1. The second-order valence-corrected chi connectivity index (χ2v) is 5.67. The predicted molar refractivity (Wildman–Crippen MR) is 92.3 cm³/mol. The first-order chi connectivity index (χ1) is 11.4. The van der Waals surface area contributed by atoms with Crippen molar-refractivity contribution in [3.63, 3.8) is 0 Å². The molecule has 5 nitrogen and oxygen atoms in total. The molecule has 0 unspecified atom stereocenters. The number of benzene rings is 2. The first-order valence-corrected chi connectivity index (χ1v) is 7.77. The number of carbonyl (C=O) groups is 2. The van der Waals surface area contributed by atoms with Crippen molar-refractivity contribution < 1.29 is 19.1 Å². The average molecular weight is 348 g/mol. The van der Waals surface area contributed by atoms with Gasteiger partial charge in [0.05, 0.1) is 0 Å². The van der Waals surface area contributed by atoms with Crippen LogP contribution in [0.2, 0.25) is 5.02 Å². The number of ether oxygens (including phenoxy) is 2. The molecular formula is C18H18ClNO4. The standard InChI is InChI=1S/C18H18ClNO4/c1-12-4-3-5-15(10-12)20-18(22)13(2)24-17(21)11-23-16-8-6-14(19)7-9-16/h3-10,13H,11H2,1-2H3,(H,20,22)/t13-/m0/s1. The SMILES string of the molecule is Cc1cccc(NC(=O)[C@H](C)OC(=O)COc2ccc(Cl)cc2)c1. The lowest BCUT2D eigenvalue weighted by Crippen LogP contribution is -2.31. The van der Waals surface area contributed by atoms with Gasteiger partial charge in [-0.05, 0) is 55.8 Å². The number of anilines is 1. The van der Waals surface area contributed by atoms with Crippen molar-refractivity contribution >= 4 is 29.2 Å². The van der Waals surface area contributed by atoms with E-state index >= 15 is 0 Å². The molecule has 1 N–H and O–H groups in total. The van der Waals surface area contributed by atoms with Gasteiger partial charge in [0.15, 0.2) is 12.7 Å². The van der Waals surface area contributed by atoms with E-state index in [2.05, 4.69) is 5.32 Å². The van der Waals surface area contributed by atoms with E-state index in [4.69, 9.17) is 21.1 Å². The van der Waals surface area contributed by atoms with Gasteiger partial charge in [-0.1, -0.05) is 23.7 Å². The molecule has 0 saturated carbocycles. The molecule has 2 rings (SSSR count). The van der Waals surface area contributed by atoms with Gasteiger partial charge in [0, 0.05) is 10.7 Å². The summed E-state index contributed by atoms with van der Waals surface area (Å²) in [5, 5.41) is 3.27. The molecule has 0 aromatic heterocycles. The molecule has 6 heteroatoms. The third-order valence-corrected chi connectivity index (χ3v) is 3.39. The van der Waals surface area contributed by atoms with E-state index in [1.54, 1.807) is 30.3 Å². The molecule has 2 aromatic rings. The Morgan fingerprint density at radius 2 is 1.88 bits per heavy atom. The van der Waals surface area contributed by atoms with Crippen LogP contribution < -0.4 is 10.1 Å². The summed E-state index contributed by atoms with van der Waals surface area (Å²) >= 11 is 5.76. The normalized spacial score (nSPS) is 11.5. The van der Waals surface area contributed by atoms with E-state index in [1.165, 1.54) is 6.92 Å². The molecule has 0 heterocycles. The lowest BCUT2D eigenvalue weighted by atomic mass is 10.2. The second kappa shape index (κ2) is 8.36. The number of nitrogens with one attached hydrogen (secondary N) is 1. The summed E-state index contributed by atoms with van der Waals surface area (Å²) in [6.45, 7) is 3.14. The topological polar surface area (TPSA) is 64.6 Å². The summed E-state index contributed by atoms with van der Waals surface area (Å²) in [6, 6.07) is 13.9. The number of hydrogen-bond acceptors (Lipinski definition) is 4. The van der Waals surface area contributed by atoms with Gasteiger partial charge in [0.25, 0.3) is 5.91 Å². The largest absolute Gasteiger partial charge is 0.482 e. The summed E-state index contributed by atoms with van der Waals surface area (Å²) in [7, 11) is 0. The molecule has 0 aliphatic rings. The third kappa shape index (κ3) is 5.59. The zero-order chi connectivity index (χ0) is 17.5. The first-order valence-electron chi connectivity index (χ1n) is 7.39. The van der Waals surface area contributed by atoms with E-state index in [1.807, 2.05) is 25.1 Å². The van der Waals surface area contributed by atoms with E-state index in [-0.39, 0.29) is 6.61 Å². The number of halogens is 1. The minimum absolute atomic E-state index is 0.288. The van der Waals surface area contributed by atoms with Gasteiger partial charge in [-0.2, -0.15) is 0 Å². The molecule has 24 heavy (non-hydrogen) atoms. The van der Waals surface area contributed by atoms with Gasteiger partial charge in [-0.15, -0.1) is 0 Å². The predicted octanol–water partition coefficient (Wildman–Crippen LogP) is 3.60. The zero-order valence-electron chi connectivity index (χ0n) is 13.4. The van der Waals surface area contributed by atoms with Crippen LogP contribution in [0.4, 0.5) is 5.69 Å².